The van der Waals surface area contributed by atoms with Crippen molar-refractivity contribution in [2.24, 2.45) is 11.8 Å². The third-order valence-corrected chi connectivity index (χ3v) is 8.74. The van der Waals surface area contributed by atoms with E-state index < -0.39 is 21.3 Å². The Morgan fingerprint density at radius 1 is 1.03 bits per heavy atom. The van der Waals surface area contributed by atoms with Crippen molar-refractivity contribution < 1.29 is 23.1 Å². The van der Waals surface area contributed by atoms with Gasteiger partial charge in [-0.3, -0.25) is 4.79 Å². The van der Waals surface area contributed by atoms with Crippen LogP contribution in [-0.4, -0.2) is 40.6 Å². The van der Waals surface area contributed by atoms with Crippen LogP contribution in [0.4, 0.5) is 5.82 Å². The molecule has 0 radical (unpaired) electrons. The molecule has 2 aromatic carbocycles. The Kier molecular flexibility index (Phi) is 7.54. The highest BCUT2D eigenvalue weighted by Crippen LogP contribution is 2.33. The first-order chi connectivity index (χ1) is 17.5. The number of hydrogen-bond acceptors (Lipinski definition) is 6. The van der Waals surface area contributed by atoms with Crippen LogP contribution >= 0.6 is 0 Å². The van der Waals surface area contributed by atoms with Gasteiger partial charge in [0, 0.05) is 12.1 Å². The van der Waals surface area contributed by atoms with Gasteiger partial charge in [0.2, 0.25) is 0 Å². The predicted molar refractivity (Wildman–Crippen MR) is 142 cm³/mol. The Morgan fingerprint density at radius 3 is 2.24 bits per heavy atom. The predicted octanol–water partition coefficient (Wildman–Crippen LogP) is 5.13. The summed E-state index contributed by atoms with van der Waals surface area (Å²) in [6.07, 6.45) is 5.12. The van der Waals surface area contributed by atoms with E-state index >= 15 is 0 Å². The van der Waals surface area contributed by atoms with Crippen LogP contribution < -0.4 is 5.32 Å². The molecule has 9 heteroatoms. The number of hydrogen-bond donors (Lipinski definition) is 2. The first-order valence-corrected chi connectivity index (χ1v) is 14.1. The van der Waals surface area contributed by atoms with Crippen LogP contribution in [0, 0.1) is 11.8 Å². The maximum absolute atomic E-state index is 13.2. The van der Waals surface area contributed by atoms with Gasteiger partial charge in [0.05, 0.1) is 21.9 Å². The molecule has 1 heterocycles. The molecule has 1 aliphatic rings. The van der Waals surface area contributed by atoms with Gasteiger partial charge in [0.25, 0.3) is 0 Å². The molecule has 0 spiro atoms. The van der Waals surface area contributed by atoms with Crippen LogP contribution in [-0.2, 0) is 20.4 Å². The Balaban J connectivity index is 1.53. The quantitative estimate of drug-likeness (QED) is 0.399. The van der Waals surface area contributed by atoms with E-state index in [1.807, 2.05) is 0 Å². The highest BCUT2D eigenvalue weighted by atomic mass is 32.2. The average Bonchev–Trinajstić information content (AvgIpc) is 3.28. The van der Waals surface area contributed by atoms with Crippen LogP contribution in [0.5, 0.6) is 0 Å². The zero-order valence-corrected chi connectivity index (χ0v) is 22.2. The summed E-state index contributed by atoms with van der Waals surface area (Å²) in [7, 11) is -3.49. The fourth-order valence-corrected chi connectivity index (χ4v) is 6.19. The number of aromatic carboxylic acids is 1. The lowest BCUT2D eigenvalue weighted by Crippen LogP contribution is -2.45. The van der Waals surface area contributed by atoms with Crippen molar-refractivity contribution in [1.82, 2.24) is 9.78 Å². The minimum Gasteiger partial charge on any atom is -0.477 e. The summed E-state index contributed by atoms with van der Waals surface area (Å²) >= 11 is 0. The molecule has 0 bridgehead atoms. The lowest BCUT2D eigenvalue weighted by molar-refractivity contribution is -0.127. The van der Waals surface area contributed by atoms with Crippen LogP contribution in [0.15, 0.2) is 65.7 Å². The Hall–Kier alpha value is -3.46. The van der Waals surface area contributed by atoms with Gasteiger partial charge < -0.3 is 10.4 Å². The molecule has 1 aliphatic carbocycles. The fourth-order valence-electron chi connectivity index (χ4n) is 4.82. The number of anilines is 1. The summed E-state index contributed by atoms with van der Waals surface area (Å²) in [5.41, 5.74) is 0.144. The van der Waals surface area contributed by atoms with E-state index in [4.69, 9.17) is 0 Å². The van der Waals surface area contributed by atoms with E-state index in [2.05, 4.69) is 17.3 Å². The number of benzene rings is 2. The van der Waals surface area contributed by atoms with Gasteiger partial charge in [0.1, 0.15) is 5.56 Å². The normalized spacial score (nSPS) is 18.4. The smallest absolute Gasteiger partial charge is 0.341 e. The monoisotopic (exact) mass is 523 g/mol. The number of carbonyl (C=O) groups excluding carboxylic acids is 1. The summed E-state index contributed by atoms with van der Waals surface area (Å²) in [5, 5.41) is 17.3. The lowest BCUT2D eigenvalue weighted by atomic mass is 9.76. The summed E-state index contributed by atoms with van der Waals surface area (Å²) < 4.78 is 26.8. The Labute approximate surface area is 217 Å². The van der Waals surface area contributed by atoms with Crippen molar-refractivity contribution in [3.05, 3.63) is 71.9 Å². The van der Waals surface area contributed by atoms with E-state index in [9.17, 15) is 23.1 Å². The minimum atomic E-state index is -3.49. The highest BCUT2D eigenvalue weighted by Gasteiger charge is 2.36. The molecular weight excluding hydrogens is 490 g/mol. The highest BCUT2D eigenvalue weighted by molar-refractivity contribution is 7.90. The van der Waals surface area contributed by atoms with Crippen molar-refractivity contribution in [1.29, 1.82) is 0 Å². The molecule has 4 rings (SSSR count). The zero-order chi connectivity index (χ0) is 26.8. The molecule has 0 atom stereocenters. The van der Waals surface area contributed by atoms with Crippen LogP contribution in [0.1, 0.15) is 62.4 Å². The van der Waals surface area contributed by atoms with Gasteiger partial charge in [-0.1, -0.05) is 50.1 Å². The van der Waals surface area contributed by atoms with Crippen LogP contribution in [0.3, 0.4) is 0 Å². The number of carboxylic acid groups (broad SMARTS) is 1. The van der Waals surface area contributed by atoms with Gasteiger partial charge in [-0.15, -0.1) is 5.10 Å². The van der Waals surface area contributed by atoms with Gasteiger partial charge in [-0.25, -0.2) is 17.9 Å². The first-order valence-electron chi connectivity index (χ1n) is 12.5. The third kappa shape index (κ3) is 6.10. The summed E-state index contributed by atoms with van der Waals surface area (Å²) in [5.74, 6) is -0.554. The molecule has 1 saturated carbocycles. The van der Waals surface area contributed by atoms with Gasteiger partial charge in [0.15, 0.2) is 21.4 Å². The molecule has 0 saturated heterocycles. The maximum Gasteiger partial charge on any atom is 0.341 e. The zero-order valence-electron chi connectivity index (χ0n) is 21.3. The molecule has 3 aromatic rings. The van der Waals surface area contributed by atoms with E-state index in [-0.39, 0.29) is 33.7 Å². The van der Waals surface area contributed by atoms with Crippen LogP contribution in [0.2, 0.25) is 0 Å². The van der Waals surface area contributed by atoms with E-state index in [1.54, 1.807) is 68.4 Å². The molecule has 0 amide bonds. The molecule has 0 aliphatic heterocycles. The number of carbonyl (C=O) groups is 2. The van der Waals surface area contributed by atoms with Gasteiger partial charge in [-0.05, 0) is 62.4 Å². The molecule has 8 nitrogen and oxygen atoms in total. The Morgan fingerprint density at radius 2 is 1.65 bits per heavy atom. The topological polar surface area (TPSA) is 118 Å². The summed E-state index contributed by atoms with van der Waals surface area (Å²) in [4.78, 5) is 25.5. The van der Waals surface area contributed by atoms with Crippen molar-refractivity contribution >= 4 is 27.4 Å². The largest absolute Gasteiger partial charge is 0.477 e. The number of carboxylic acids is 1. The second-order valence-electron chi connectivity index (χ2n) is 10.5. The fraction of sp³-hybridized carbons (Fsp3) is 0.393. The molecular formula is C28H33N3O5S. The summed E-state index contributed by atoms with van der Waals surface area (Å²) in [6, 6.07) is 15.0. The number of ketones is 1. The van der Waals surface area contributed by atoms with Crippen molar-refractivity contribution in [2.45, 2.75) is 62.6 Å². The van der Waals surface area contributed by atoms with E-state index in [0.717, 1.165) is 25.7 Å². The Bertz CT molecular complexity index is 1370. The number of aromatic nitrogens is 2. The van der Waals surface area contributed by atoms with Gasteiger partial charge >= 0.3 is 5.97 Å². The average molecular weight is 524 g/mol. The minimum absolute atomic E-state index is 0.0473. The van der Waals surface area contributed by atoms with Crippen molar-refractivity contribution in [3.8, 4) is 5.69 Å². The lowest BCUT2D eigenvalue weighted by Gasteiger charge is -2.33. The number of Topliss-reactive ketones (excluding diaryl/α,β-unsaturated/α-hetero) is 1. The van der Waals surface area contributed by atoms with E-state index in [0.29, 0.717) is 17.2 Å². The van der Waals surface area contributed by atoms with Crippen LogP contribution in [0.25, 0.3) is 5.69 Å². The van der Waals surface area contributed by atoms with E-state index in [1.165, 1.54) is 10.9 Å². The number of sulfone groups is 1. The number of nitrogens with one attached hydrogen (secondary N) is 1. The standard InChI is InChI=1S/C28H33N3O5S/c1-19-9-13-21(14-10-19)25(32)28(2,3)29-26-24(27(33)34)17-31(30-26)22-15-11-20(12-16-22)18-37(35,36)23-7-5-4-6-8-23/h4-8,11-12,15-17,19,21H,9-10,13-14,18H2,1-3H3,(H,29,30)(H,33,34). The van der Waals surface area contributed by atoms with Crippen molar-refractivity contribution in [2.75, 3.05) is 5.32 Å². The molecule has 0 unspecified atom stereocenters. The molecule has 1 aromatic heterocycles. The molecule has 196 valence electrons. The second-order valence-corrected chi connectivity index (χ2v) is 12.4. The third-order valence-electron chi connectivity index (χ3n) is 7.04. The van der Waals surface area contributed by atoms with Crippen molar-refractivity contribution in [3.63, 3.8) is 0 Å². The molecule has 37 heavy (non-hydrogen) atoms. The summed E-state index contributed by atoms with van der Waals surface area (Å²) in [6.45, 7) is 5.73. The SMILES string of the molecule is CC1CCC(C(=O)C(C)(C)Nc2nn(-c3ccc(CS(=O)(=O)c4ccccc4)cc3)cc2C(=O)O)CC1. The molecule has 1 fully saturated rings. The number of rotatable bonds is 9. The molecule has 2 N–H and O–H groups in total. The maximum atomic E-state index is 13.2. The van der Waals surface area contributed by atoms with Gasteiger partial charge in [-0.2, -0.15) is 0 Å². The first kappa shape index (κ1) is 26.6. The second kappa shape index (κ2) is 10.5. The number of nitrogens with zero attached hydrogens (tertiary/aromatic N) is 2.